The van der Waals surface area contributed by atoms with Gasteiger partial charge < -0.3 is 9.39 Å². The fourth-order valence-electron chi connectivity index (χ4n) is 6.83. The van der Waals surface area contributed by atoms with Crippen molar-refractivity contribution in [3.8, 4) is 0 Å². The molecule has 5 aromatic rings. The van der Waals surface area contributed by atoms with Crippen LogP contribution in [0.25, 0.3) is 6.08 Å². The Balaban J connectivity index is 1.69. The maximum atomic E-state index is 15.2. The summed E-state index contributed by atoms with van der Waals surface area (Å²) in [4.78, 5) is -3.40. The average molecular weight is 963 g/mol. The molecule has 8 nitrogen and oxygen atoms in total. The molecule has 6 rings (SSSR count). The molecule has 0 unspecified atom stereocenters. The number of benzene rings is 5. The van der Waals surface area contributed by atoms with Crippen LogP contribution in [0.1, 0.15) is 58.0 Å². The Morgan fingerprint density at radius 1 is 0.554 bits per heavy atom. The predicted octanol–water partition coefficient (Wildman–Crippen LogP) is 11.5. The minimum absolute atomic E-state index is 0.0815. The minimum atomic E-state index is -6.00. The molecule has 344 valence electrons. The van der Waals surface area contributed by atoms with E-state index in [-0.39, 0.29) is 56.0 Å². The minimum Gasteiger partial charge on any atom is -0.505 e. The summed E-state index contributed by atoms with van der Waals surface area (Å²) in [7, 11) is -14.9. The van der Waals surface area contributed by atoms with E-state index in [1.807, 2.05) is 0 Å². The molecule has 0 aliphatic carbocycles. The van der Waals surface area contributed by atoms with Gasteiger partial charge in [-0.3, -0.25) is 0 Å². The molecule has 1 saturated heterocycles. The first-order chi connectivity index (χ1) is 30.2. The molecule has 0 N–H and O–H groups in total. The Hall–Kier alpha value is -5.78. The van der Waals surface area contributed by atoms with E-state index >= 15 is 16.8 Å². The van der Waals surface area contributed by atoms with Crippen LogP contribution in [0.2, 0.25) is 0 Å². The summed E-state index contributed by atoms with van der Waals surface area (Å²) < 4.78 is 243. The number of hydrogen-bond acceptors (Lipinski definition) is 6. The number of allylic oxidation sites excluding steroid dienone is 1. The third kappa shape index (κ3) is 10.7. The van der Waals surface area contributed by atoms with Gasteiger partial charge >= 0.3 is 31.9 Å². The fraction of sp³-hybridized carbons (Fsp3) is 0.190. The van der Waals surface area contributed by atoms with Gasteiger partial charge in [-0.1, -0.05) is 97.1 Å². The zero-order valence-corrected chi connectivity index (χ0v) is 34.6. The van der Waals surface area contributed by atoms with Crippen LogP contribution in [-0.4, -0.2) is 39.1 Å². The number of alkyl halides is 12. The van der Waals surface area contributed by atoms with Crippen LogP contribution in [-0.2, 0) is 54.1 Å². The number of hydrogen-bond donors (Lipinski definition) is 0. The first-order valence-electron chi connectivity index (χ1n) is 18.7. The first kappa shape index (κ1) is 48.7. The smallest absolute Gasteiger partial charge is 0.505 e. The van der Waals surface area contributed by atoms with Crippen molar-refractivity contribution < 1.29 is 78.9 Å². The number of rotatable bonds is 12. The third-order valence-electron chi connectivity index (χ3n) is 9.73. The van der Waals surface area contributed by atoms with E-state index < -0.39 is 109 Å². The van der Waals surface area contributed by atoms with Gasteiger partial charge in [0.25, 0.3) is 5.95 Å². The topological polar surface area (TPSA) is 93.2 Å². The van der Waals surface area contributed by atoms with Gasteiger partial charge in [-0.05, 0) is 72.2 Å². The van der Waals surface area contributed by atoms with Gasteiger partial charge in [0, 0.05) is 0 Å². The van der Waals surface area contributed by atoms with Gasteiger partial charge in [0.15, 0.2) is 0 Å². The lowest BCUT2D eigenvalue weighted by molar-refractivity contribution is -0.145. The molecular formula is C42H31BF12N2O6S2. The Bertz CT molecular complexity index is 2550. The van der Waals surface area contributed by atoms with E-state index in [0.29, 0.717) is 5.56 Å². The summed E-state index contributed by atoms with van der Waals surface area (Å²) in [6.45, 7) is 0.785. The van der Waals surface area contributed by atoms with Crippen molar-refractivity contribution in [2.75, 3.05) is 6.61 Å². The van der Waals surface area contributed by atoms with Gasteiger partial charge in [-0.2, -0.15) is 61.1 Å². The van der Waals surface area contributed by atoms with Crippen LogP contribution in [0.4, 0.5) is 52.7 Å². The molecule has 1 aliphatic rings. The quantitative estimate of drug-likeness (QED) is 0.0702. The lowest BCUT2D eigenvalue weighted by Crippen LogP contribution is -2.51. The molecule has 1 heterocycles. The molecule has 0 amide bonds. The number of halogens is 12. The summed E-state index contributed by atoms with van der Waals surface area (Å²) in [5.41, 5.74) is -8.19. The van der Waals surface area contributed by atoms with Gasteiger partial charge in [-0.25, -0.2) is 16.8 Å². The lowest BCUT2D eigenvalue weighted by atomic mass is 9.95. The van der Waals surface area contributed by atoms with Gasteiger partial charge in [0.2, 0.25) is 20.0 Å². The number of nitrogens with zero attached hydrogens (tertiary/aromatic N) is 2. The molecular weight excluding hydrogens is 931 g/mol. The van der Waals surface area contributed by atoms with E-state index in [1.54, 1.807) is 36.4 Å². The van der Waals surface area contributed by atoms with Crippen molar-refractivity contribution in [2.45, 2.75) is 53.5 Å². The average Bonchev–Trinajstić information content (AvgIpc) is 3.60. The summed E-state index contributed by atoms with van der Waals surface area (Å²) >= 11 is 0. The third-order valence-corrected chi connectivity index (χ3v) is 13.3. The highest BCUT2D eigenvalue weighted by Crippen LogP contribution is 2.52. The Morgan fingerprint density at radius 2 is 0.892 bits per heavy atom. The number of ether oxygens (including phenoxy) is 1. The Labute approximate surface area is 364 Å². The Kier molecular flexibility index (Phi) is 13.7. The predicted molar refractivity (Wildman–Crippen MR) is 211 cm³/mol. The molecule has 0 radical (unpaired) electrons. The summed E-state index contributed by atoms with van der Waals surface area (Å²) in [5.74, 6) is -0.756. The van der Waals surface area contributed by atoms with Crippen molar-refractivity contribution in [3.05, 3.63) is 184 Å². The highest BCUT2D eigenvalue weighted by atomic mass is 32.2. The maximum absolute atomic E-state index is 15.2. The van der Waals surface area contributed by atoms with Crippen LogP contribution in [0.3, 0.4) is 0 Å². The highest BCUT2D eigenvalue weighted by molar-refractivity contribution is 7.92. The van der Waals surface area contributed by atoms with Crippen LogP contribution >= 0.6 is 0 Å². The molecule has 23 heteroatoms. The van der Waals surface area contributed by atoms with E-state index in [0.717, 1.165) is 6.08 Å². The van der Waals surface area contributed by atoms with Gasteiger partial charge in [0.1, 0.15) is 6.61 Å². The molecule has 2 atom stereocenters. The molecule has 5 aromatic carbocycles. The first-order valence-corrected chi connectivity index (χ1v) is 21.6. The van der Waals surface area contributed by atoms with Gasteiger partial charge in [-0.15, -0.1) is 0 Å². The summed E-state index contributed by atoms with van der Waals surface area (Å²) in [6, 6.07) is 15.7. The van der Waals surface area contributed by atoms with Gasteiger partial charge in [0.05, 0.1) is 44.1 Å². The largest absolute Gasteiger partial charge is 0.580 e. The SMILES string of the molecule is C/C=C(\OC/C=C/c1ccccc1)OB1N(S(=O)(=O)c2cc(C(F)(F)F)cc(C(F)(F)F)c2)[C@@H](c2ccccc2)[C@H](c2ccccc2)N1S(=O)(=O)c1cc(C(F)(F)F)cc(C(F)(F)F)c1. The molecule has 65 heavy (non-hydrogen) atoms. The van der Waals surface area contributed by atoms with Crippen LogP contribution in [0, 0.1) is 0 Å². The summed E-state index contributed by atoms with van der Waals surface area (Å²) in [5, 5.41) is 0. The lowest BCUT2D eigenvalue weighted by Gasteiger charge is -2.29. The van der Waals surface area contributed by atoms with E-state index in [2.05, 4.69) is 0 Å². The van der Waals surface area contributed by atoms with Crippen LogP contribution < -0.4 is 0 Å². The second-order valence-corrected chi connectivity index (χ2v) is 17.7. The molecule has 0 aromatic heterocycles. The molecule has 0 bridgehead atoms. The zero-order valence-electron chi connectivity index (χ0n) is 33.0. The second kappa shape index (κ2) is 18.2. The molecule has 0 spiro atoms. The molecule has 1 fully saturated rings. The highest BCUT2D eigenvalue weighted by Gasteiger charge is 2.64. The van der Waals surface area contributed by atoms with Crippen LogP contribution in [0.5, 0.6) is 0 Å². The van der Waals surface area contributed by atoms with Crippen molar-refractivity contribution in [3.63, 3.8) is 0 Å². The maximum Gasteiger partial charge on any atom is 0.580 e. The van der Waals surface area contributed by atoms with Crippen molar-refractivity contribution in [2.24, 2.45) is 0 Å². The van der Waals surface area contributed by atoms with E-state index in [4.69, 9.17) is 9.39 Å². The summed E-state index contributed by atoms with van der Waals surface area (Å²) in [6.07, 6.45) is -18.5. The van der Waals surface area contributed by atoms with Crippen molar-refractivity contribution in [1.29, 1.82) is 0 Å². The second-order valence-electron chi connectivity index (χ2n) is 14.0. The Morgan fingerprint density at radius 3 is 1.22 bits per heavy atom. The standard InChI is InChI=1S/C42H31BF12N2O6S2/c1-2-36(62-20-12-15-27-13-6-3-7-14-27)63-43-56(64(58,59)34-23-30(39(44,45)46)21-31(24-34)40(47,48)49)37(28-16-8-4-9-17-28)38(29-18-10-5-11-19-29)57(43)65(60,61)35-25-32(41(50,51)52)22-33(26-35)42(53,54)55/h2-19,21-26,37-38H,20H2,1H3/b15-12+,36-2+/t37-,38-/m0/s1. The molecule has 1 aliphatic heterocycles. The van der Waals surface area contributed by atoms with E-state index in [1.165, 1.54) is 73.7 Å². The fourth-order valence-corrected chi connectivity index (χ4v) is 10.3. The molecule has 0 saturated carbocycles. The van der Waals surface area contributed by atoms with Crippen LogP contribution in [0.15, 0.2) is 155 Å². The van der Waals surface area contributed by atoms with E-state index in [9.17, 15) is 52.7 Å². The van der Waals surface area contributed by atoms with Crippen molar-refractivity contribution in [1.82, 2.24) is 8.43 Å². The number of sulfonamides is 2. The zero-order chi connectivity index (χ0) is 47.8. The normalized spacial score (nSPS) is 17.5. The van der Waals surface area contributed by atoms with Crippen molar-refractivity contribution >= 4 is 33.3 Å². The monoisotopic (exact) mass is 962 g/mol.